The van der Waals surface area contributed by atoms with Gasteiger partial charge in [0, 0.05) is 6.54 Å². The Morgan fingerprint density at radius 3 is 2.45 bits per heavy atom. The van der Waals surface area contributed by atoms with Crippen LogP contribution in [-0.2, 0) is 4.79 Å². The van der Waals surface area contributed by atoms with Crippen LogP contribution < -0.4 is 16.5 Å². The second-order valence-electron chi connectivity index (χ2n) is 1.77. The summed E-state index contributed by atoms with van der Waals surface area (Å²) in [6.45, 7) is -0.234. The van der Waals surface area contributed by atoms with E-state index in [0.29, 0.717) is 0 Å². The molecule has 6 N–H and O–H groups in total. The van der Waals surface area contributed by atoms with Crippen LogP contribution in [0.25, 0.3) is 0 Å². The molecule has 7 heteroatoms. The fourth-order valence-electron chi connectivity index (χ4n) is 0.329. The summed E-state index contributed by atoms with van der Waals surface area (Å²) in [5.74, 6) is -1.22. The molecule has 64 valence electrons. The van der Waals surface area contributed by atoms with E-state index in [1.165, 1.54) is 5.48 Å². The molecule has 0 aliphatic carbocycles. The molecule has 11 heavy (non-hydrogen) atoms. The summed E-state index contributed by atoms with van der Waals surface area (Å²) in [6, 6.07) is -2.05. The Morgan fingerprint density at radius 1 is 1.55 bits per heavy atom. The topological polar surface area (TPSA) is 125 Å². The lowest BCUT2D eigenvalue weighted by atomic mass is 10.3. The van der Waals surface area contributed by atoms with Crippen molar-refractivity contribution in [1.82, 2.24) is 10.8 Å². The minimum Gasteiger partial charge on any atom is -0.480 e. The fourth-order valence-corrected chi connectivity index (χ4v) is 0.329. The van der Waals surface area contributed by atoms with Gasteiger partial charge in [-0.25, -0.2) is 10.3 Å². The number of rotatable bonds is 3. The monoisotopic (exact) mass is 163 g/mol. The zero-order valence-corrected chi connectivity index (χ0v) is 5.57. The average Bonchev–Trinajstić information content (AvgIpc) is 1.99. The quantitative estimate of drug-likeness (QED) is 0.245. The normalized spacial score (nSPS) is 11.8. The number of carboxylic acid groups (broad SMARTS) is 1. The van der Waals surface area contributed by atoms with Crippen molar-refractivity contribution in [1.29, 1.82) is 0 Å². The highest BCUT2D eigenvalue weighted by atomic mass is 16.5. The average molecular weight is 163 g/mol. The highest BCUT2D eigenvalue weighted by Gasteiger charge is 2.11. The van der Waals surface area contributed by atoms with Crippen molar-refractivity contribution in [3.63, 3.8) is 0 Å². The lowest BCUT2D eigenvalue weighted by Gasteiger charge is -2.06. The molecule has 0 aliphatic heterocycles. The Bertz CT molecular complexity index is 159. The maximum Gasteiger partial charge on any atom is 0.338 e. The predicted octanol–water partition coefficient (Wildman–Crippen LogP) is -1.91. The molecule has 0 aliphatic rings. The molecule has 0 saturated carbocycles. The van der Waals surface area contributed by atoms with Crippen molar-refractivity contribution < 1.29 is 19.9 Å². The Labute approximate surface area is 62.1 Å². The summed E-state index contributed by atoms with van der Waals surface area (Å²) < 4.78 is 0. The van der Waals surface area contributed by atoms with Crippen molar-refractivity contribution in [3.8, 4) is 0 Å². The van der Waals surface area contributed by atoms with E-state index in [4.69, 9.17) is 16.0 Å². The molecule has 0 spiro atoms. The molecule has 0 aromatic rings. The van der Waals surface area contributed by atoms with Crippen LogP contribution >= 0.6 is 0 Å². The largest absolute Gasteiger partial charge is 0.480 e. The SMILES string of the molecule is N[C@@H](CNC(=O)NO)C(=O)O. The van der Waals surface area contributed by atoms with Gasteiger partial charge in [-0.2, -0.15) is 0 Å². The molecule has 0 bridgehead atoms. The molecule has 0 fully saturated rings. The van der Waals surface area contributed by atoms with Gasteiger partial charge >= 0.3 is 12.0 Å². The van der Waals surface area contributed by atoms with Gasteiger partial charge in [-0.1, -0.05) is 0 Å². The van der Waals surface area contributed by atoms with Gasteiger partial charge in [0.1, 0.15) is 6.04 Å². The number of amides is 2. The summed E-state index contributed by atoms with van der Waals surface area (Å²) in [5.41, 5.74) is 6.26. The van der Waals surface area contributed by atoms with Gasteiger partial charge in [0.05, 0.1) is 0 Å². The van der Waals surface area contributed by atoms with Crippen LogP contribution in [0.2, 0.25) is 0 Å². The Balaban J connectivity index is 3.54. The van der Waals surface area contributed by atoms with Gasteiger partial charge < -0.3 is 16.2 Å². The molecule has 0 rings (SSSR count). The van der Waals surface area contributed by atoms with E-state index in [2.05, 4.69) is 0 Å². The summed E-state index contributed by atoms with van der Waals surface area (Å²) in [6.07, 6.45) is 0. The van der Waals surface area contributed by atoms with Gasteiger partial charge in [0.15, 0.2) is 0 Å². The predicted molar refractivity (Wildman–Crippen MR) is 33.9 cm³/mol. The molecular weight excluding hydrogens is 154 g/mol. The van der Waals surface area contributed by atoms with Crippen LogP contribution in [0, 0.1) is 0 Å². The van der Waals surface area contributed by atoms with Gasteiger partial charge in [0.25, 0.3) is 0 Å². The molecule has 0 saturated heterocycles. The van der Waals surface area contributed by atoms with Gasteiger partial charge in [-0.05, 0) is 0 Å². The van der Waals surface area contributed by atoms with Crippen LogP contribution in [0.3, 0.4) is 0 Å². The fraction of sp³-hybridized carbons (Fsp3) is 0.500. The summed E-state index contributed by atoms with van der Waals surface area (Å²) in [4.78, 5) is 20.3. The van der Waals surface area contributed by atoms with Gasteiger partial charge in [-0.3, -0.25) is 10.0 Å². The molecule has 0 aromatic carbocycles. The maximum atomic E-state index is 10.2. The van der Waals surface area contributed by atoms with Crippen molar-refractivity contribution in [2.45, 2.75) is 6.04 Å². The molecule has 0 radical (unpaired) electrons. The molecule has 0 unspecified atom stereocenters. The zero-order valence-electron chi connectivity index (χ0n) is 5.57. The summed E-state index contributed by atoms with van der Waals surface area (Å²) in [7, 11) is 0. The summed E-state index contributed by atoms with van der Waals surface area (Å²) in [5, 5.41) is 18.2. The van der Waals surface area contributed by atoms with E-state index in [1.54, 1.807) is 0 Å². The number of carbonyl (C=O) groups excluding carboxylic acids is 1. The zero-order chi connectivity index (χ0) is 8.85. The number of urea groups is 1. The molecule has 0 aromatic heterocycles. The number of nitrogens with one attached hydrogen (secondary N) is 2. The van der Waals surface area contributed by atoms with Crippen LogP contribution in [0.4, 0.5) is 4.79 Å². The van der Waals surface area contributed by atoms with Crippen LogP contribution in [0.15, 0.2) is 0 Å². The number of carbonyl (C=O) groups is 2. The highest BCUT2D eigenvalue weighted by Crippen LogP contribution is 1.74. The minimum atomic E-state index is -1.22. The number of hydrogen-bond acceptors (Lipinski definition) is 4. The van der Waals surface area contributed by atoms with Crippen molar-refractivity contribution in [2.75, 3.05) is 6.54 Å². The van der Waals surface area contributed by atoms with E-state index < -0.39 is 18.0 Å². The third-order valence-corrected chi connectivity index (χ3v) is 0.901. The Kier molecular flexibility index (Phi) is 3.93. The lowest BCUT2D eigenvalue weighted by molar-refractivity contribution is -0.138. The van der Waals surface area contributed by atoms with Gasteiger partial charge in [0.2, 0.25) is 0 Å². The van der Waals surface area contributed by atoms with Crippen molar-refractivity contribution in [3.05, 3.63) is 0 Å². The molecule has 0 heterocycles. The Morgan fingerprint density at radius 2 is 2.09 bits per heavy atom. The first-order valence-electron chi connectivity index (χ1n) is 2.74. The number of hydroxylamine groups is 1. The number of hydrogen-bond donors (Lipinski definition) is 5. The van der Waals surface area contributed by atoms with E-state index >= 15 is 0 Å². The first kappa shape index (κ1) is 9.66. The molecule has 7 nitrogen and oxygen atoms in total. The van der Waals surface area contributed by atoms with Crippen LogP contribution in [-0.4, -0.2) is 34.9 Å². The number of carboxylic acids is 1. The van der Waals surface area contributed by atoms with Crippen molar-refractivity contribution >= 4 is 12.0 Å². The summed E-state index contributed by atoms with van der Waals surface area (Å²) >= 11 is 0. The van der Waals surface area contributed by atoms with Crippen LogP contribution in [0.5, 0.6) is 0 Å². The van der Waals surface area contributed by atoms with E-state index in [-0.39, 0.29) is 6.54 Å². The van der Waals surface area contributed by atoms with Crippen LogP contribution in [0.1, 0.15) is 0 Å². The number of nitrogens with two attached hydrogens (primary N) is 1. The van der Waals surface area contributed by atoms with Gasteiger partial charge in [-0.15, -0.1) is 0 Å². The van der Waals surface area contributed by atoms with E-state index in [9.17, 15) is 9.59 Å². The highest BCUT2D eigenvalue weighted by molar-refractivity contribution is 5.76. The molecule has 2 amide bonds. The second-order valence-corrected chi connectivity index (χ2v) is 1.77. The maximum absolute atomic E-state index is 10.2. The third-order valence-electron chi connectivity index (χ3n) is 0.901. The van der Waals surface area contributed by atoms with Crippen molar-refractivity contribution in [2.24, 2.45) is 5.73 Å². The number of aliphatic carboxylic acids is 1. The molecular formula is C4H9N3O4. The smallest absolute Gasteiger partial charge is 0.338 e. The standard InChI is InChI=1S/C4H9N3O4/c5-2(3(8)9)1-6-4(10)7-11/h2,11H,1,5H2,(H,8,9)(H2,6,7,10)/t2-/m0/s1. The first-order chi connectivity index (χ1) is 5.07. The Hall–Kier alpha value is -1.34. The third kappa shape index (κ3) is 4.12. The minimum absolute atomic E-state index is 0.234. The second kappa shape index (κ2) is 4.47. The molecule has 1 atom stereocenters. The van der Waals surface area contributed by atoms with E-state index in [0.717, 1.165) is 0 Å². The van der Waals surface area contributed by atoms with E-state index in [1.807, 2.05) is 5.32 Å². The lowest BCUT2D eigenvalue weighted by Crippen LogP contribution is -2.45. The first-order valence-corrected chi connectivity index (χ1v) is 2.74.